The summed E-state index contributed by atoms with van der Waals surface area (Å²) in [5.41, 5.74) is -0.0885. The summed E-state index contributed by atoms with van der Waals surface area (Å²) in [6, 6.07) is 0. The van der Waals surface area contributed by atoms with Crippen LogP contribution in [-0.4, -0.2) is 5.11 Å². The van der Waals surface area contributed by atoms with E-state index in [0.29, 0.717) is 5.76 Å². The Bertz CT molecular complexity index is 103. The lowest BCUT2D eigenvalue weighted by atomic mass is 9.87. The highest BCUT2D eigenvalue weighted by Gasteiger charge is 2.19. The molecule has 9 heavy (non-hydrogen) atoms. The van der Waals surface area contributed by atoms with Crippen LogP contribution in [0.25, 0.3) is 0 Å². The maximum atomic E-state index is 9.02. The predicted octanol–water partition coefficient (Wildman–Crippen LogP) is 2.88. The van der Waals surface area contributed by atoms with Crippen molar-refractivity contribution in [3.63, 3.8) is 0 Å². The van der Waals surface area contributed by atoms with E-state index in [9.17, 15) is 0 Å². The predicted molar refractivity (Wildman–Crippen MR) is 40.5 cm³/mol. The Balaban J connectivity index is 3.85. The summed E-state index contributed by atoms with van der Waals surface area (Å²) in [6.07, 6.45) is 2.09. The lowest BCUT2D eigenvalue weighted by Crippen LogP contribution is -2.12. The van der Waals surface area contributed by atoms with Crippen molar-refractivity contribution in [2.75, 3.05) is 0 Å². The van der Waals surface area contributed by atoms with E-state index in [4.69, 9.17) is 5.11 Å². The minimum atomic E-state index is -0.0885. The summed E-state index contributed by atoms with van der Waals surface area (Å²) in [4.78, 5) is 0. The minimum absolute atomic E-state index is 0.0885. The van der Waals surface area contributed by atoms with E-state index in [-0.39, 0.29) is 5.41 Å². The molecule has 0 unspecified atom stereocenters. The lowest BCUT2D eigenvalue weighted by molar-refractivity contribution is 0.245. The third-order valence-electron chi connectivity index (χ3n) is 1.66. The number of hydrogen-bond acceptors (Lipinski definition) is 1. The SMILES string of the molecule is C=C(O)C(C)(C)CCC. The van der Waals surface area contributed by atoms with Crippen LogP contribution in [0.1, 0.15) is 33.6 Å². The molecule has 0 aliphatic heterocycles. The molecule has 0 saturated carbocycles. The first-order valence-electron chi connectivity index (χ1n) is 3.39. The molecule has 0 aromatic rings. The number of rotatable bonds is 3. The highest BCUT2D eigenvalue weighted by Crippen LogP contribution is 2.27. The second-order valence-electron chi connectivity index (χ2n) is 3.08. The molecule has 54 valence electrons. The fraction of sp³-hybridized carbons (Fsp3) is 0.750. The first-order valence-corrected chi connectivity index (χ1v) is 3.39. The average molecular weight is 128 g/mol. The Morgan fingerprint density at radius 2 is 2.00 bits per heavy atom. The van der Waals surface area contributed by atoms with Gasteiger partial charge >= 0.3 is 0 Å². The molecule has 1 N–H and O–H groups in total. The summed E-state index contributed by atoms with van der Waals surface area (Å²) in [5.74, 6) is 0.296. The van der Waals surface area contributed by atoms with Crippen LogP contribution in [0.2, 0.25) is 0 Å². The van der Waals surface area contributed by atoms with E-state index < -0.39 is 0 Å². The van der Waals surface area contributed by atoms with E-state index in [1.54, 1.807) is 0 Å². The van der Waals surface area contributed by atoms with Gasteiger partial charge in [-0.1, -0.05) is 33.8 Å². The van der Waals surface area contributed by atoms with Crippen molar-refractivity contribution in [1.29, 1.82) is 0 Å². The quantitative estimate of drug-likeness (QED) is 0.579. The largest absolute Gasteiger partial charge is 0.512 e. The fourth-order valence-corrected chi connectivity index (χ4v) is 0.769. The Kier molecular flexibility index (Phi) is 2.75. The molecule has 0 bridgehead atoms. The highest BCUT2D eigenvalue weighted by molar-refractivity contribution is 4.95. The molecule has 0 aliphatic carbocycles. The second kappa shape index (κ2) is 2.90. The van der Waals surface area contributed by atoms with Gasteiger partial charge in [0.1, 0.15) is 0 Å². The third kappa shape index (κ3) is 2.54. The summed E-state index contributed by atoms with van der Waals surface area (Å²) in [5, 5.41) is 9.02. The zero-order valence-corrected chi connectivity index (χ0v) is 6.57. The maximum Gasteiger partial charge on any atom is 0.0907 e. The van der Waals surface area contributed by atoms with Crippen molar-refractivity contribution in [2.24, 2.45) is 5.41 Å². The Morgan fingerprint density at radius 3 is 2.11 bits per heavy atom. The second-order valence-corrected chi connectivity index (χ2v) is 3.08. The Morgan fingerprint density at radius 1 is 1.56 bits per heavy atom. The van der Waals surface area contributed by atoms with Gasteiger partial charge in [0.05, 0.1) is 5.76 Å². The standard InChI is InChI=1S/C8H16O/c1-5-6-8(3,4)7(2)9/h9H,2,5-6H2,1,3-4H3. The molecule has 0 saturated heterocycles. The highest BCUT2D eigenvalue weighted by atomic mass is 16.3. The Labute approximate surface area is 57.4 Å². The molecule has 0 heterocycles. The van der Waals surface area contributed by atoms with Crippen LogP contribution in [0, 0.1) is 5.41 Å². The van der Waals surface area contributed by atoms with Gasteiger partial charge in [0, 0.05) is 5.41 Å². The monoisotopic (exact) mass is 128 g/mol. The molecule has 0 aromatic carbocycles. The third-order valence-corrected chi connectivity index (χ3v) is 1.66. The van der Waals surface area contributed by atoms with Gasteiger partial charge in [-0.05, 0) is 6.42 Å². The van der Waals surface area contributed by atoms with Gasteiger partial charge in [-0.25, -0.2) is 0 Å². The summed E-state index contributed by atoms with van der Waals surface area (Å²) in [6.45, 7) is 9.60. The molecule has 0 rings (SSSR count). The molecule has 1 heteroatoms. The van der Waals surface area contributed by atoms with Gasteiger partial charge in [0.15, 0.2) is 0 Å². The van der Waals surface area contributed by atoms with Crippen LogP contribution in [0.3, 0.4) is 0 Å². The van der Waals surface area contributed by atoms with Gasteiger partial charge in [-0.3, -0.25) is 0 Å². The van der Waals surface area contributed by atoms with Gasteiger partial charge in [0.2, 0.25) is 0 Å². The minimum Gasteiger partial charge on any atom is -0.512 e. The molecule has 0 aliphatic rings. The van der Waals surface area contributed by atoms with Crippen LogP contribution in [-0.2, 0) is 0 Å². The van der Waals surface area contributed by atoms with Crippen molar-refractivity contribution in [1.82, 2.24) is 0 Å². The first kappa shape index (κ1) is 8.54. The van der Waals surface area contributed by atoms with Gasteiger partial charge in [0.25, 0.3) is 0 Å². The number of allylic oxidation sites excluding steroid dienone is 1. The zero-order chi connectivity index (χ0) is 7.49. The van der Waals surface area contributed by atoms with Crippen molar-refractivity contribution in [2.45, 2.75) is 33.6 Å². The van der Waals surface area contributed by atoms with Crippen molar-refractivity contribution < 1.29 is 5.11 Å². The van der Waals surface area contributed by atoms with E-state index in [2.05, 4.69) is 13.5 Å². The summed E-state index contributed by atoms with van der Waals surface area (Å²) >= 11 is 0. The van der Waals surface area contributed by atoms with Crippen molar-refractivity contribution >= 4 is 0 Å². The first-order chi connectivity index (χ1) is 4.00. The Hall–Kier alpha value is -0.460. The van der Waals surface area contributed by atoms with E-state index >= 15 is 0 Å². The number of aliphatic hydroxyl groups is 1. The zero-order valence-electron chi connectivity index (χ0n) is 6.57. The summed E-state index contributed by atoms with van der Waals surface area (Å²) in [7, 11) is 0. The van der Waals surface area contributed by atoms with Gasteiger partial charge < -0.3 is 5.11 Å². The summed E-state index contributed by atoms with van der Waals surface area (Å²) < 4.78 is 0. The van der Waals surface area contributed by atoms with Gasteiger partial charge in [-0.15, -0.1) is 0 Å². The number of aliphatic hydroxyl groups excluding tert-OH is 1. The average Bonchev–Trinajstić information content (AvgIpc) is 1.65. The molecule has 0 radical (unpaired) electrons. The normalized spacial score (nSPS) is 11.4. The molecule has 0 amide bonds. The van der Waals surface area contributed by atoms with Gasteiger partial charge in [-0.2, -0.15) is 0 Å². The van der Waals surface area contributed by atoms with Crippen molar-refractivity contribution in [3.8, 4) is 0 Å². The fourth-order valence-electron chi connectivity index (χ4n) is 0.769. The molecular formula is C8H16O. The van der Waals surface area contributed by atoms with E-state index in [1.807, 2.05) is 13.8 Å². The van der Waals surface area contributed by atoms with Crippen LogP contribution in [0.5, 0.6) is 0 Å². The molecule has 0 spiro atoms. The smallest absolute Gasteiger partial charge is 0.0907 e. The molecule has 0 fully saturated rings. The van der Waals surface area contributed by atoms with Crippen LogP contribution in [0.15, 0.2) is 12.3 Å². The molecule has 0 aromatic heterocycles. The number of hydrogen-bond donors (Lipinski definition) is 1. The van der Waals surface area contributed by atoms with E-state index in [1.165, 1.54) is 0 Å². The topological polar surface area (TPSA) is 20.2 Å². The van der Waals surface area contributed by atoms with Crippen LogP contribution >= 0.6 is 0 Å². The molecule has 0 atom stereocenters. The van der Waals surface area contributed by atoms with Crippen LogP contribution in [0.4, 0.5) is 0 Å². The van der Waals surface area contributed by atoms with E-state index in [0.717, 1.165) is 12.8 Å². The van der Waals surface area contributed by atoms with Crippen LogP contribution < -0.4 is 0 Å². The maximum absolute atomic E-state index is 9.02. The molecule has 1 nitrogen and oxygen atoms in total. The van der Waals surface area contributed by atoms with Crippen molar-refractivity contribution in [3.05, 3.63) is 12.3 Å². The lowest BCUT2D eigenvalue weighted by Gasteiger charge is -2.21. The molecular weight excluding hydrogens is 112 g/mol.